The molecule has 0 spiro atoms. The predicted molar refractivity (Wildman–Crippen MR) is 79.0 cm³/mol. The maximum Gasteiger partial charge on any atom is 0.350 e. The fourth-order valence-corrected chi connectivity index (χ4v) is 3.17. The molecule has 3 heterocycles. The number of likely N-dealkylation sites (tertiary alicyclic amines) is 1. The van der Waals surface area contributed by atoms with Crippen molar-refractivity contribution >= 4 is 11.6 Å². The number of aromatic nitrogens is 3. The Balaban J connectivity index is 1.80. The number of pyridine rings is 1. The third-order valence-corrected chi connectivity index (χ3v) is 4.00. The van der Waals surface area contributed by atoms with Crippen molar-refractivity contribution in [2.75, 3.05) is 13.1 Å². The highest BCUT2D eigenvalue weighted by Crippen LogP contribution is 2.20. The highest BCUT2D eigenvalue weighted by Gasteiger charge is 2.26. The number of amides is 1. The molecule has 0 radical (unpaired) electrons. The molecule has 21 heavy (non-hydrogen) atoms. The molecule has 2 aromatic heterocycles. The molecule has 1 saturated heterocycles. The number of nitrogens with zero attached hydrogens (tertiary/aromatic N) is 4. The molecule has 6 heteroatoms. The summed E-state index contributed by atoms with van der Waals surface area (Å²) in [6.45, 7) is 5.87. The zero-order valence-corrected chi connectivity index (χ0v) is 12.4. The smallest absolute Gasteiger partial charge is 0.341 e. The molecule has 2 aromatic rings. The summed E-state index contributed by atoms with van der Waals surface area (Å²) in [5.74, 6) is 0.991. The Bertz CT molecular complexity index is 708. The third-order valence-electron chi connectivity index (χ3n) is 4.00. The van der Waals surface area contributed by atoms with E-state index in [1.165, 1.54) is 9.08 Å². The molecule has 0 aliphatic carbocycles. The normalized spacial score (nSPS) is 22.7. The van der Waals surface area contributed by atoms with Gasteiger partial charge in [-0.15, -0.1) is 5.10 Å². The van der Waals surface area contributed by atoms with E-state index in [1.807, 2.05) is 11.0 Å². The monoisotopic (exact) mass is 288 g/mol. The molecule has 3 rings (SSSR count). The molecule has 6 nitrogen and oxygen atoms in total. The van der Waals surface area contributed by atoms with Gasteiger partial charge in [0.1, 0.15) is 6.54 Å². The standard InChI is InChI=1S/C15H20N4O2/c1-11-7-12(2)9-17(8-11)14(20)10-19-15(21)18-6-4-3-5-13(18)16-19/h3-6,11-12H,7-10H2,1-2H3. The van der Waals surface area contributed by atoms with Crippen LogP contribution in [-0.4, -0.2) is 38.1 Å². The van der Waals surface area contributed by atoms with Gasteiger partial charge in [-0.25, -0.2) is 9.48 Å². The summed E-state index contributed by atoms with van der Waals surface area (Å²) in [5, 5.41) is 4.20. The second kappa shape index (κ2) is 5.35. The molecule has 0 N–H and O–H groups in total. The molecule has 1 aliphatic rings. The van der Waals surface area contributed by atoms with Crippen molar-refractivity contribution in [2.24, 2.45) is 11.8 Å². The first-order chi connectivity index (χ1) is 10.0. The summed E-state index contributed by atoms with van der Waals surface area (Å²) in [6.07, 6.45) is 2.81. The summed E-state index contributed by atoms with van der Waals surface area (Å²) in [5.41, 5.74) is 0.299. The van der Waals surface area contributed by atoms with Crippen LogP contribution >= 0.6 is 0 Å². The van der Waals surface area contributed by atoms with Gasteiger partial charge in [0.25, 0.3) is 0 Å². The molecule has 2 unspecified atom stereocenters. The molecule has 0 saturated carbocycles. The molecule has 112 valence electrons. The van der Waals surface area contributed by atoms with Gasteiger partial charge in [0.15, 0.2) is 5.65 Å². The Morgan fingerprint density at radius 1 is 1.29 bits per heavy atom. The van der Waals surface area contributed by atoms with Crippen molar-refractivity contribution < 1.29 is 4.79 Å². The molecule has 1 aliphatic heterocycles. The van der Waals surface area contributed by atoms with Crippen molar-refractivity contribution in [3.05, 3.63) is 34.9 Å². The fraction of sp³-hybridized carbons (Fsp3) is 0.533. The highest BCUT2D eigenvalue weighted by atomic mass is 16.2. The Hall–Kier alpha value is -2.11. The number of carbonyl (C=O) groups excluding carboxylic acids is 1. The minimum Gasteiger partial charge on any atom is -0.341 e. The lowest BCUT2D eigenvalue weighted by molar-refractivity contribution is -0.134. The van der Waals surface area contributed by atoms with Gasteiger partial charge in [-0.05, 0) is 30.4 Å². The number of hydrogen-bond acceptors (Lipinski definition) is 3. The predicted octanol–water partition coefficient (Wildman–Crippen LogP) is 1.00. The zero-order chi connectivity index (χ0) is 15.0. The van der Waals surface area contributed by atoms with Crippen LogP contribution in [-0.2, 0) is 11.3 Å². The minimum atomic E-state index is -0.267. The SMILES string of the molecule is CC1CC(C)CN(C(=O)Cn2nc3ccccn3c2=O)C1. The first-order valence-electron chi connectivity index (χ1n) is 7.36. The van der Waals surface area contributed by atoms with Gasteiger partial charge in [0, 0.05) is 19.3 Å². The van der Waals surface area contributed by atoms with Crippen molar-refractivity contribution in [1.29, 1.82) is 0 Å². The Kier molecular flexibility index (Phi) is 3.53. The third kappa shape index (κ3) is 2.70. The number of carbonyl (C=O) groups is 1. The average molecular weight is 288 g/mol. The first kappa shape index (κ1) is 13.9. The summed E-state index contributed by atoms with van der Waals surface area (Å²) >= 11 is 0. The van der Waals surface area contributed by atoms with Crippen molar-refractivity contribution in [3.8, 4) is 0 Å². The number of fused-ring (bicyclic) bond motifs is 1. The van der Waals surface area contributed by atoms with Crippen LogP contribution in [0.4, 0.5) is 0 Å². The molecule has 0 aromatic carbocycles. The van der Waals surface area contributed by atoms with Gasteiger partial charge < -0.3 is 4.90 Å². The van der Waals surface area contributed by atoms with E-state index in [1.54, 1.807) is 18.3 Å². The summed E-state index contributed by atoms with van der Waals surface area (Å²) in [6, 6.07) is 5.35. The zero-order valence-electron chi connectivity index (χ0n) is 12.4. The van der Waals surface area contributed by atoms with Crippen molar-refractivity contribution in [3.63, 3.8) is 0 Å². The summed E-state index contributed by atoms with van der Waals surface area (Å²) in [7, 11) is 0. The maximum atomic E-state index is 12.4. The molecule has 1 fully saturated rings. The molecule has 1 amide bonds. The van der Waals surface area contributed by atoms with Gasteiger partial charge in [-0.3, -0.25) is 9.20 Å². The Morgan fingerprint density at radius 3 is 2.67 bits per heavy atom. The lowest BCUT2D eigenvalue weighted by atomic mass is 9.92. The van der Waals surface area contributed by atoms with Crippen LogP contribution in [0.3, 0.4) is 0 Å². The molecular weight excluding hydrogens is 268 g/mol. The van der Waals surface area contributed by atoms with Crippen LogP contribution in [0.15, 0.2) is 29.2 Å². The van der Waals surface area contributed by atoms with Gasteiger partial charge >= 0.3 is 5.69 Å². The number of piperidine rings is 1. The van der Waals surface area contributed by atoms with E-state index in [4.69, 9.17) is 0 Å². The van der Waals surface area contributed by atoms with Gasteiger partial charge in [-0.1, -0.05) is 19.9 Å². The summed E-state index contributed by atoms with van der Waals surface area (Å²) < 4.78 is 2.70. The minimum absolute atomic E-state index is 0.0138. The molecular formula is C15H20N4O2. The Morgan fingerprint density at radius 2 is 2.00 bits per heavy atom. The van der Waals surface area contributed by atoms with Crippen molar-refractivity contribution in [1.82, 2.24) is 19.1 Å². The van der Waals surface area contributed by atoms with Crippen LogP contribution in [0, 0.1) is 11.8 Å². The molecule has 0 bridgehead atoms. The molecule has 2 atom stereocenters. The lowest BCUT2D eigenvalue weighted by Crippen LogP contribution is -2.45. The maximum absolute atomic E-state index is 12.4. The van der Waals surface area contributed by atoms with Gasteiger partial charge in [0.2, 0.25) is 5.91 Å². The largest absolute Gasteiger partial charge is 0.350 e. The van der Waals surface area contributed by atoms with E-state index in [2.05, 4.69) is 18.9 Å². The topological polar surface area (TPSA) is 59.6 Å². The van der Waals surface area contributed by atoms with Crippen LogP contribution < -0.4 is 5.69 Å². The first-order valence-corrected chi connectivity index (χ1v) is 7.36. The summed E-state index contributed by atoms with van der Waals surface area (Å²) in [4.78, 5) is 26.4. The Labute approximate surface area is 123 Å². The van der Waals surface area contributed by atoms with E-state index < -0.39 is 0 Å². The second-order valence-corrected chi connectivity index (χ2v) is 6.11. The van der Waals surface area contributed by atoms with E-state index in [0.717, 1.165) is 19.5 Å². The van der Waals surface area contributed by atoms with Crippen LogP contribution in [0.2, 0.25) is 0 Å². The number of hydrogen-bond donors (Lipinski definition) is 0. The second-order valence-electron chi connectivity index (χ2n) is 6.11. The van der Waals surface area contributed by atoms with E-state index in [0.29, 0.717) is 17.5 Å². The highest BCUT2D eigenvalue weighted by molar-refractivity contribution is 5.76. The average Bonchev–Trinajstić information content (AvgIpc) is 2.75. The van der Waals surface area contributed by atoms with E-state index >= 15 is 0 Å². The number of rotatable bonds is 2. The fourth-order valence-electron chi connectivity index (χ4n) is 3.17. The van der Waals surface area contributed by atoms with E-state index in [9.17, 15) is 9.59 Å². The van der Waals surface area contributed by atoms with Crippen LogP contribution in [0.1, 0.15) is 20.3 Å². The van der Waals surface area contributed by atoms with Gasteiger partial charge in [-0.2, -0.15) is 0 Å². The van der Waals surface area contributed by atoms with E-state index in [-0.39, 0.29) is 18.1 Å². The van der Waals surface area contributed by atoms with Gasteiger partial charge in [0.05, 0.1) is 0 Å². The van der Waals surface area contributed by atoms with Crippen LogP contribution in [0.25, 0.3) is 5.65 Å². The lowest BCUT2D eigenvalue weighted by Gasteiger charge is -2.34. The quantitative estimate of drug-likeness (QED) is 0.828. The van der Waals surface area contributed by atoms with Crippen LogP contribution in [0.5, 0.6) is 0 Å². The van der Waals surface area contributed by atoms with Crippen molar-refractivity contribution in [2.45, 2.75) is 26.8 Å².